The van der Waals surface area contributed by atoms with Crippen LogP contribution >= 0.6 is 11.6 Å². The van der Waals surface area contributed by atoms with Crippen molar-refractivity contribution in [2.45, 2.75) is 57.7 Å². The Hall–Kier alpha value is -1.92. The number of carbonyl (C=O) groups is 1. The fourth-order valence-electron chi connectivity index (χ4n) is 4.56. The number of halogens is 1. The van der Waals surface area contributed by atoms with Gasteiger partial charge in [0.05, 0.1) is 6.04 Å². The molecule has 2 aliphatic rings. The second kappa shape index (κ2) is 7.60. The fourth-order valence-corrected chi connectivity index (χ4v) is 4.68. The van der Waals surface area contributed by atoms with E-state index < -0.39 is 0 Å². The molecule has 1 aromatic heterocycles. The number of likely N-dealkylation sites (tertiary alicyclic amines) is 2. The molecule has 0 N–H and O–H groups in total. The summed E-state index contributed by atoms with van der Waals surface area (Å²) in [6, 6.07) is 8.11. The Labute approximate surface area is 164 Å². The first-order chi connectivity index (χ1) is 13.0. The zero-order valence-corrected chi connectivity index (χ0v) is 16.5. The molecule has 2 fully saturated rings. The monoisotopic (exact) mass is 388 g/mol. The van der Waals surface area contributed by atoms with Gasteiger partial charge < -0.3 is 9.42 Å². The minimum absolute atomic E-state index is 0.0282. The van der Waals surface area contributed by atoms with Crippen molar-refractivity contribution in [3.05, 3.63) is 35.2 Å². The number of amides is 1. The van der Waals surface area contributed by atoms with Crippen LogP contribution in [0.25, 0.3) is 11.4 Å². The lowest BCUT2D eigenvalue weighted by molar-refractivity contribution is -0.130. The van der Waals surface area contributed by atoms with Crippen molar-refractivity contribution in [1.82, 2.24) is 19.9 Å². The highest BCUT2D eigenvalue weighted by Crippen LogP contribution is 2.35. The van der Waals surface area contributed by atoms with E-state index >= 15 is 0 Å². The van der Waals surface area contributed by atoms with Crippen molar-refractivity contribution in [2.75, 3.05) is 13.1 Å². The van der Waals surface area contributed by atoms with E-state index in [0.29, 0.717) is 28.8 Å². The predicted octanol–water partition coefficient (Wildman–Crippen LogP) is 3.93. The van der Waals surface area contributed by atoms with Crippen LogP contribution in [0.2, 0.25) is 5.02 Å². The molecule has 27 heavy (non-hydrogen) atoms. The number of hydrogen-bond acceptors (Lipinski definition) is 5. The second-order valence-electron chi connectivity index (χ2n) is 7.51. The molecule has 3 atom stereocenters. The maximum absolute atomic E-state index is 12.0. The quantitative estimate of drug-likeness (QED) is 0.794. The summed E-state index contributed by atoms with van der Waals surface area (Å²) in [7, 11) is 0. The third-order valence-corrected chi connectivity index (χ3v) is 6.14. The molecule has 0 radical (unpaired) electrons. The van der Waals surface area contributed by atoms with E-state index in [1.54, 1.807) is 6.92 Å². The van der Waals surface area contributed by atoms with Gasteiger partial charge in [-0.25, -0.2) is 0 Å². The first-order valence-electron chi connectivity index (χ1n) is 9.67. The van der Waals surface area contributed by atoms with Gasteiger partial charge >= 0.3 is 0 Å². The summed E-state index contributed by atoms with van der Waals surface area (Å²) < 4.78 is 5.59. The molecule has 0 saturated carbocycles. The van der Waals surface area contributed by atoms with Crippen molar-refractivity contribution in [3.63, 3.8) is 0 Å². The Bertz CT molecular complexity index is 807. The smallest absolute Gasteiger partial charge is 0.244 e. The van der Waals surface area contributed by atoms with Gasteiger partial charge in [-0.2, -0.15) is 4.98 Å². The lowest BCUT2D eigenvalue weighted by Gasteiger charge is -2.36. The summed E-state index contributed by atoms with van der Waals surface area (Å²) in [5, 5.41) is 4.84. The Morgan fingerprint density at radius 3 is 2.63 bits per heavy atom. The van der Waals surface area contributed by atoms with E-state index in [-0.39, 0.29) is 11.9 Å². The summed E-state index contributed by atoms with van der Waals surface area (Å²) in [5.41, 5.74) is 0.887. The maximum atomic E-state index is 12.0. The number of nitrogens with zero attached hydrogens (tertiary/aromatic N) is 4. The van der Waals surface area contributed by atoms with E-state index in [2.05, 4.69) is 22.0 Å². The molecule has 7 heteroatoms. The minimum Gasteiger partial charge on any atom is -0.338 e. The largest absolute Gasteiger partial charge is 0.338 e. The molecule has 2 saturated heterocycles. The fraction of sp³-hybridized carbons (Fsp3) is 0.550. The molecule has 0 unspecified atom stereocenters. The van der Waals surface area contributed by atoms with E-state index in [0.717, 1.165) is 44.3 Å². The number of rotatable bonds is 4. The summed E-state index contributed by atoms with van der Waals surface area (Å²) in [5.74, 6) is 1.38. The molecule has 1 aromatic carbocycles. The van der Waals surface area contributed by atoms with Gasteiger partial charge in [0.15, 0.2) is 0 Å². The van der Waals surface area contributed by atoms with Gasteiger partial charge in [-0.05, 0) is 63.4 Å². The van der Waals surface area contributed by atoms with E-state index in [9.17, 15) is 4.79 Å². The van der Waals surface area contributed by atoms with Gasteiger partial charge in [0.25, 0.3) is 0 Å². The topological polar surface area (TPSA) is 62.5 Å². The normalized spacial score (nSPS) is 24.5. The summed E-state index contributed by atoms with van der Waals surface area (Å²) in [4.78, 5) is 21.1. The Balaban J connectivity index is 1.52. The third kappa shape index (κ3) is 3.60. The number of benzene rings is 1. The van der Waals surface area contributed by atoms with Crippen LogP contribution in [0.1, 0.15) is 51.5 Å². The zero-order valence-electron chi connectivity index (χ0n) is 15.8. The zero-order chi connectivity index (χ0) is 19.0. The van der Waals surface area contributed by atoms with Crippen LogP contribution in [-0.2, 0) is 4.79 Å². The number of carbonyl (C=O) groups excluding carboxylic acids is 1. The summed E-state index contributed by atoms with van der Waals surface area (Å²) >= 11 is 5.95. The maximum Gasteiger partial charge on any atom is 0.244 e. The molecular formula is C20H25ClN4O2. The molecule has 4 rings (SSSR count). The van der Waals surface area contributed by atoms with Gasteiger partial charge in [-0.15, -0.1) is 0 Å². The highest BCUT2D eigenvalue weighted by molar-refractivity contribution is 6.30. The molecule has 2 aliphatic heterocycles. The van der Waals surface area contributed by atoms with Gasteiger partial charge in [-0.3, -0.25) is 9.69 Å². The van der Waals surface area contributed by atoms with Crippen molar-refractivity contribution >= 4 is 17.5 Å². The van der Waals surface area contributed by atoms with Gasteiger partial charge in [0, 0.05) is 36.1 Å². The van der Waals surface area contributed by atoms with Crippen LogP contribution in [0.5, 0.6) is 0 Å². The van der Waals surface area contributed by atoms with Crippen LogP contribution in [0.15, 0.2) is 28.8 Å². The van der Waals surface area contributed by atoms with Crippen LogP contribution in [0, 0.1) is 0 Å². The van der Waals surface area contributed by atoms with Crippen molar-refractivity contribution in [2.24, 2.45) is 0 Å². The molecule has 2 aromatic rings. The molecule has 1 amide bonds. The van der Waals surface area contributed by atoms with Gasteiger partial charge in [0.2, 0.25) is 17.6 Å². The molecule has 3 heterocycles. The first kappa shape index (κ1) is 18.4. The molecule has 6 nitrogen and oxygen atoms in total. The summed E-state index contributed by atoms with van der Waals surface area (Å²) in [6.45, 7) is 5.66. The van der Waals surface area contributed by atoms with E-state index in [4.69, 9.17) is 16.1 Å². The van der Waals surface area contributed by atoms with Crippen LogP contribution in [-0.4, -0.2) is 51.0 Å². The SMILES string of the molecule is CC(=O)N1CCC[C@@H]1[C@@H]1CCCN1[C@@H](C)c1nc(-c2ccc(Cl)cc2)no1. The average Bonchev–Trinajstić information content (AvgIpc) is 3.40. The van der Waals surface area contributed by atoms with Crippen molar-refractivity contribution < 1.29 is 9.32 Å². The van der Waals surface area contributed by atoms with Crippen LogP contribution < -0.4 is 0 Å². The first-order valence-corrected chi connectivity index (χ1v) is 10.0. The lowest BCUT2D eigenvalue weighted by atomic mass is 10.0. The van der Waals surface area contributed by atoms with E-state index in [1.165, 1.54) is 0 Å². The van der Waals surface area contributed by atoms with Crippen molar-refractivity contribution in [1.29, 1.82) is 0 Å². The minimum atomic E-state index is 0.0282. The average molecular weight is 389 g/mol. The van der Waals surface area contributed by atoms with Crippen molar-refractivity contribution in [3.8, 4) is 11.4 Å². The van der Waals surface area contributed by atoms with Crippen LogP contribution in [0.4, 0.5) is 0 Å². The third-order valence-electron chi connectivity index (χ3n) is 5.89. The molecular weight excluding hydrogens is 364 g/mol. The lowest BCUT2D eigenvalue weighted by Crippen LogP contribution is -2.48. The highest BCUT2D eigenvalue weighted by atomic mass is 35.5. The predicted molar refractivity (Wildman–Crippen MR) is 103 cm³/mol. The molecule has 0 bridgehead atoms. The molecule has 0 aliphatic carbocycles. The Kier molecular flexibility index (Phi) is 5.19. The Morgan fingerprint density at radius 1 is 1.19 bits per heavy atom. The summed E-state index contributed by atoms with van der Waals surface area (Å²) in [6.07, 6.45) is 4.41. The standard InChI is InChI=1S/C20H25ClN4O2/c1-13(20-22-19(23-27-20)15-7-9-16(21)10-8-15)24-11-3-5-17(24)18-6-4-12-25(18)14(2)26/h7-10,13,17-18H,3-6,11-12H2,1-2H3/t13-,17-,18+/m0/s1. The second-order valence-corrected chi connectivity index (χ2v) is 7.94. The van der Waals surface area contributed by atoms with Crippen LogP contribution in [0.3, 0.4) is 0 Å². The number of aromatic nitrogens is 2. The molecule has 144 valence electrons. The van der Waals surface area contributed by atoms with Gasteiger partial charge in [0.1, 0.15) is 0 Å². The highest BCUT2D eigenvalue weighted by Gasteiger charge is 2.41. The Morgan fingerprint density at radius 2 is 1.89 bits per heavy atom. The van der Waals surface area contributed by atoms with E-state index in [1.807, 2.05) is 29.2 Å². The molecule has 0 spiro atoms. The number of hydrogen-bond donors (Lipinski definition) is 0. The van der Waals surface area contributed by atoms with Gasteiger partial charge in [-0.1, -0.05) is 16.8 Å².